The van der Waals surface area contributed by atoms with Gasteiger partial charge < -0.3 is 5.32 Å². The van der Waals surface area contributed by atoms with E-state index >= 15 is 0 Å². The van der Waals surface area contributed by atoms with Gasteiger partial charge in [0, 0.05) is 39.4 Å². The Morgan fingerprint density at radius 3 is 2.83 bits per heavy atom. The number of hydrogen-bond acceptors (Lipinski definition) is 6. The highest BCUT2D eigenvalue weighted by atomic mass is 32.2. The van der Waals surface area contributed by atoms with Crippen LogP contribution in [-0.2, 0) is 16.6 Å². The van der Waals surface area contributed by atoms with Crippen LogP contribution in [0.2, 0.25) is 0 Å². The van der Waals surface area contributed by atoms with Crippen LogP contribution in [0.3, 0.4) is 0 Å². The van der Waals surface area contributed by atoms with Gasteiger partial charge >= 0.3 is 0 Å². The molecule has 2 aliphatic heterocycles. The third-order valence-corrected chi connectivity index (χ3v) is 6.10. The van der Waals surface area contributed by atoms with Crippen molar-refractivity contribution in [3.63, 3.8) is 0 Å². The van der Waals surface area contributed by atoms with Crippen LogP contribution in [0, 0.1) is 12.3 Å². The van der Waals surface area contributed by atoms with Crippen molar-refractivity contribution in [3.8, 4) is 12.3 Å². The monoisotopic (exact) mass is 350 g/mol. The quantitative estimate of drug-likeness (QED) is 0.740. The van der Waals surface area contributed by atoms with Gasteiger partial charge in [0.1, 0.15) is 0 Å². The Labute approximate surface area is 140 Å². The molecule has 9 nitrogen and oxygen atoms in total. The summed E-state index contributed by atoms with van der Waals surface area (Å²) < 4.78 is 27.3. The van der Waals surface area contributed by atoms with Crippen LogP contribution in [0.25, 0.3) is 0 Å². The number of rotatable bonds is 6. The fourth-order valence-corrected chi connectivity index (χ4v) is 4.05. The number of aromatic nitrogens is 2. The first-order valence-corrected chi connectivity index (χ1v) is 9.01. The molecule has 1 N–H and O–H groups in total. The fourth-order valence-electron chi connectivity index (χ4n) is 2.60. The van der Waals surface area contributed by atoms with Gasteiger partial charge in [-0.15, -0.1) is 12.3 Å². The van der Waals surface area contributed by atoms with Gasteiger partial charge in [0.2, 0.25) is 0 Å². The second kappa shape index (κ2) is 5.99. The molecular weight excluding hydrogens is 332 g/mol. The average molecular weight is 350 g/mol. The van der Waals surface area contributed by atoms with Crippen LogP contribution in [0.4, 0.5) is 0 Å². The molecule has 0 saturated carbocycles. The van der Waals surface area contributed by atoms with E-state index in [0.717, 1.165) is 0 Å². The smallest absolute Gasteiger partial charge is 0.260 e. The van der Waals surface area contributed by atoms with E-state index in [0.29, 0.717) is 38.9 Å². The van der Waals surface area contributed by atoms with Crippen molar-refractivity contribution in [3.05, 3.63) is 11.8 Å². The summed E-state index contributed by atoms with van der Waals surface area (Å²) in [7, 11) is -2.21. The molecule has 0 bridgehead atoms. The van der Waals surface area contributed by atoms with Crippen molar-refractivity contribution in [2.45, 2.75) is 36.5 Å². The lowest BCUT2D eigenvalue weighted by Gasteiger charge is -2.23. The molecule has 0 atom stereocenters. The summed E-state index contributed by atoms with van der Waals surface area (Å²) in [6.45, 7) is 1.08. The molecular formula is C14H18N6O3S. The number of carbonyl (C=O) groups is 1. The maximum absolute atomic E-state index is 12.4. The number of amides is 1. The lowest BCUT2D eigenvalue weighted by molar-refractivity contribution is 0.0947. The molecule has 0 radical (unpaired) electrons. The van der Waals surface area contributed by atoms with Crippen LogP contribution in [0.1, 0.15) is 29.6 Å². The topological polar surface area (TPSA) is 109 Å². The molecule has 2 aliphatic rings. The van der Waals surface area contributed by atoms with E-state index < -0.39 is 21.6 Å². The number of carbonyl (C=O) groups excluding carboxylic acids is 1. The lowest BCUT2D eigenvalue weighted by atomic mass is 10.0. The molecule has 0 spiro atoms. The zero-order chi connectivity index (χ0) is 17.4. The Balaban J connectivity index is 1.65. The Morgan fingerprint density at radius 1 is 1.42 bits per heavy atom. The molecule has 1 amide bonds. The molecule has 1 aromatic heterocycles. The second-order valence-corrected chi connectivity index (χ2v) is 7.77. The number of fused-ring (bicyclic) bond motifs is 1. The second-order valence-electron chi connectivity index (χ2n) is 5.81. The van der Waals surface area contributed by atoms with Crippen molar-refractivity contribution < 1.29 is 13.2 Å². The number of likely N-dealkylation sites (N-methyl/N-ethyl adjacent to an activating group) is 1. The van der Waals surface area contributed by atoms with Crippen LogP contribution in [-0.4, -0.2) is 54.2 Å². The predicted molar refractivity (Wildman–Crippen MR) is 84.6 cm³/mol. The molecule has 128 valence electrons. The van der Waals surface area contributed by atoms with E-state index in [4.69, 9.17) is 6.42 Å². The molecule has 0 fully saturated rings. The highest BCUT2D eigenvalue weighted by Crippen LogP contribution is 2.36. The van der Waals surface area contributed by atoms with Crippen molar-refractivity contribution in [2.75, 3.05) is 20.1 Å². The van der Waals surface area contributed by atoms with Crippen LogP contribution in [0.5, 0.6) is 0 Å². The van der Waals surface area contributed by atoms with Crippen molar-refractivity contribution in [2.24, 2.45) is 10.2 Å². The lowest BCUT2D eigenvalue weighted by Crippen LogP contribution is -2.39. The molecule has 0 unspecified atom stereocenters. The van der Waals surface area contributed by atoms with Crippen molar-refractivity contribution in [1.82, 2.24) is 19.4 Å². The Hall–Kier alpha value is -2.25. The molecule has 24 heavy (non-hydrogen) atoms. The minimum absolute atomic E-state index is 0.0587. The summed E-state index contributed by atoms with van der Waals surface area (Å²) in [5.41, 5.74) is -0.423. The fraction of sp³-hybridized carbons (Fsp3) is 0.571. The molecule has 0 aliphatic carbocycles. The van der Waals surface area contributed by atoms with Gasteiger partial charge in [-0.25, -0.2) is 8.42 Å². The van der Waals surface area contributed by atoms with Crippen molar-refractivity contribution >= 4 is 15.9 Å². The summed E-state index contributed by atoms with van der Waals surface area (Å²) in [6.07, 6.45) is 8.29. The van der Waals surface area contributed by atoms with E-state index in [1.54, 1.807) is 0 Å². The van der Waals surface area contributed by atoms with Gasteiger partial charge in [-0.2, -0.15) is 19.6 Å². The number of nitrogens with zero attached hydrogens (tertiary/aromatic N) is 5. The van der Waals surface area contributed by atoms with Crippen molar-refractivity contribution in [1.29, 1.82) is 0 Å². The SMILES string of the molecule is C#CCCC1(CCNC(=O)c2cnn3c2S(=O)(=O)N(C)CC3)N=N1. The summed E-state index contributed by atoms with van der Waals surface area (Å²) in [5.74, 6) is 2.07. The van der Waals surface area contributed by atoms with Crippen LogP contribution in [0.15, 0.2) is 21.5 Å². The van der Waals surface area contributed by atoms with Gasteiger partial charge in [0.15, 0.2) is 10.7 Å². The first-order chi connectivity index (χ1) is 11.4. The largest absolute Gasteiger partial charge is 0.352 e. The highest BCUT2D eigenvalue weighted by molar-refractivity contribution is 7.89. The molecule has 3 heterocycles. The summed E-state index contributed by atoms with van der Waals surface area (Å²) in [6, 6.07) is 0. The summed E-state index contributed by atoms with van der Waals surface area (Å²) in [4.78, 5) is 12.4. The zero-order valence-electron chi connectivity index (χ0n) is 13.3. The number of terminal acetylenes is 1. The van der Waals surface area contributed by atoms with Crippen LogP contribution >= 0.6 is 0 Å². The maximum Gasteiger partial charge on any atom is 0.260 e. The van der Waals surface area contributed by atoms with Gasteiger partial charge in [-0.1, -0.05) is 0 Å². The van der Waals surface area contributed by atoms with E-state index in [1.807, 2.05) is 0 Å². The third kappa shape index (κ3) is 2.92. The van der Waals surface area contributed by atoms with E-state index in [-0.39, 0.29) is 10.6 Å². The van der Waals surface area contributed by atoms with Gasteiger partial charge in [-0.3, -0.25) is 9.48 Å². The standard InChI is InChI=1S/C14H18N6O3S/c1-3-4-5-14(17-18-14)6-7-15-12(21)11-10-16-20-9-8-19(2)24(22,23)13(11)20/h1,10H,4-9H2,2H3,(H,15,21). The molecule has 10 heteroatoms. The molecule has 3 rings (SSSR count). The van der Waals surface area contributed by atoms with E-state index in [2.05, 4.69) is 26.6 Å². The first kappa shape index (κ1) is 16.6. The Bertz CT molecular complexity index is 829. The van der Waals surface area contributed by atoms with Crippen LogP contribution < -0.4 is 5.32 Å². The predicted octanol–water partition coefficient (Wildman–Crippen LogP) is 0.213. The summed E-state index contributed by atoms with van der Waals surface area (Å²) in [5, 5.41) is 14.6. The van der Waals surface area contributed by atoms with E-state index in [1.165, 1.54) is 22.2 Å². The number of hydrogen-bond donors (Lipinski definition) is 1. The van der Waals surface area contributed by atoms with Gasteiger partial charge in [-0.05, 0) is 0 Å². The van der Waals surface area contributed by atoms with Gasteiger partial charge in [0.25, 0.3) is 15.9 Å². The molecule has 0 aromatic carbocycles. The van der Waals surface area contributed by atoms with E-state index in [9.17, 15) is 13.2 Å². The Morgan fingerprint density at radius 2 is 2.17 bits per heavy atom. The molecule has 0 saturated heterocycles. The summed E-state index contributed by atoms with van der Waals surface area (Å²) >= 11 is 0. The maximum atomic E-state index is 12.4. The first-order valence-electron chi connectivity index (χ1n) is 7.57. The third-order valence-electron chi connectivity index (χ3n) is 4.18. The van der Waals surface area contributed by atoms with Gasteiger partial charge in [0.05, 0.1) is 18.3 Å². The molecule has 1 aromatic rings. The zero-order valence-corrected chi connectivity index (χ0v) is 14.1. The number of nitrogens with one attached hydrogen (secondary N) is 1. The Kier molecular flexibility index (Phi) is 4.15. The minimum atomic E-state index is -3.69. The minimum Gasteiger partial charge on any atom is -0.352 e. The average Bonchev–Trinajstić information content (AvgIpc) is 3.16. The normalized spacial score (nSPS) is 20.2. The number of sulfonamides is 1. The highest BCUT2D eigenvalue weighted by Gasteiger charge is 2.39.